The van der Waals surface area contributed by atoms with Crippen molar-refractivity contribution in [1.29, 1.82) is 0 Å². The van der Waals surface area contributed by atoms with Crippen LogP contribution in [0.5, 0.6) is 0 Å². The number of aliphatic hydroxyl groups is 1. The number of hydrogen-bond donors (Lipinski definition) is 7. The molecule has 32 heteroatoms. The maximum absolute atomic E-state index is 13.9. The molecule has 30 nitrogen and oxygen atoms in total. The normalized spacial score (nSPS) is 26.7. The largest absolute Gasteiger partial charge is 0.472 e. The Kier molecular flexibility index (Phi) is 15.0. The number of esters is 1. The maximum atomic E-state index is 13.9. The number of carbonyl (C=O) groups excluding carboxylic acids is 2. The number of nitrogens with one attached hydrogen (secondary N) is 1. The lowest BCUT2D eigenvalue weighted by Gasteiger charge is -2.29. The van der Waals surface area contributed by atoms with Crippen molar-refractivity contribution in [3.8, 4) is 0 Å². The highest BCUT2D eigenvalue weighted by molar-refractivity contribution is 7.47. The molecule has 11 atom stereocenters. The number of benzene rings is 1. The van der Waals surface area contributed by atoms with Crippen LogP contribution in [0.15, 0.2) is 59.1 Å². The highest BCUT2D eigenvalue weighted by atomic mass is 31.2. The van der Waals surface area contributed by atoms with E-state index < -0.39 is 108 Å². The summed E-state index contributed by atoms with van der Waals surface area (Å²) in [6.45, 7) is -0.653. The molecule has 0 spiro atoms. The van der Waals surface area contributed by atoms with Gasteiger partial charge in [-0.05, 0) is 30.5 Å². The zero-order valence-corrected chi connectivity index (χ0v) is 36.0. The summed E-state index contributed by atoms with van der Waals surface area (Å²) < 4.78 is 77.8. The van der Waals surface area contributed by atoms with Gasteiger partial charge in [-0.2, -0.15) is 4.98 Å². The summed E-state index contributed by atoms with van der Waals surface area (Å²) in [6, 6.07) is 5.91. The standard InChI is InChI=1S/C34H42N12O18P2/c1-16(41-34(50)57-11-17-4-6-18(7-5-17)43-44-37)32(48)63-25-19(60-30(24(25)47)46-15-40-23-28(36)38-14-39-29(23)46)13-59-66(54,55)64-26-20(12-58-65(51,52)53)61-31(27(26)62-22-3-2-10-56-22)45-9-8-21(35)42-33(45)49/h4-9,14-16,19-20,22,24-27,30-31,47H,2-3,10-13H2,1H3,(H,41,50)(H,54,55)(H2,35,42,49)(H2,36,38,39)(H2,51,52,53)/t16-,19-,20-,22?,24-,25-,26-,27-,30-,31-/m1/s1. The summed E-state index contributed by atoms with van der Waals surface area (Å²) >= 11 is 0. The number of alkyl carbamates (subject to hydrolysis) is 1. The lowest BCUT2D eigenvalue weighted by atomic mass is 10.1. The van der Waals surface area contributed by atoms with Crippen LogP contribution in [0.2, 0.25) is 0 Å². The quantitative estimate of drug-likeness (QED) is 0.0237. The molecule has 3 fully saturated rings. The summed E-state index contributed by atoms with van der Waals surface area (Å²) in [5.74, 6) is -1.31. The number of phosphoric acid groups is 2. The minimum atomic E-state index is -5.43. The summed E-state index contributed by atoms with van der Waals surface area (Å²) in [5.41, 5.74) is 20.3. The average molecular weight is 969 g/mol. The topological polar surface area (TPSA) is 424 Å². The zero-order valence-electron chi connectivity index (χ0n) is 34.2. The number of azide groups is 1. The summed E-state index contributed by atoms with van der Waals surface area (Å²) in [5, 5.41) is 17.4. The van der Waals surface area contributed by atoms with Gasteiger partial charge in [0, 0.05) is 29.8 Å². The number of fused-ring (bicyclic) bond motifs is 1. The van der Waals surface area contributed by atoms with E-state index in [2.05, 4.69) is 39.8 Å². The Morgan fingerprint density at radius 1 is 1.02 bits per heavy atom. The Labute approximate surface area is 370 Å². The van der Waals surface area contributed by atoms with Gasteiger partial charge in [0.05, 0.1) is 19.5 Å². The van der Waals surface area contributed by atoms with Crippen LogP contribution in [0.3, 0.4) is 0 Å². The number of nitrogens with two attached hydrogens (primary N) is 2. The van der Waals surface area contributed by atoms with Gasteiger partial charge >= 0.3 is 33.4 Å². The van der Waals surface area contributed by atoms with Crippen molar-refractivity contribution in [1.82, 2.24) is 34.4 Å². The number of anilines is 2. The van der Waals surface area contributed by atoms with E-state index in [1.165, 1.54) is 42.2 Å². The maximum Gasteiger partial charge on any atom is 0.472 e. The molecule has 1 aromatic carbocycles. The number of hydrogen-bond acceptors (Lipinski definition) is 22. The SMILES string of the molecule is C[C@@H](NC(=O)OCc1ccc(N=[N+]=[N-])cc1)C(=O)O[C@H]1[C@@H](O)[C@H](n2cnc3c(N)ncnc32)O[C@@H]1COP(=O)(O)O[C@H]1[C@@H](OC2CCCO2)[C@H](n2ccc(N)nc2=O)O[C@@H]1COP(=O)(O)O. The number of phosphoric ester groups is 2. The molecule has 0 aliphatic carbocycles. The number of carbonyl (C=O) groups is 2. The van der Waals surface area contributed by atoms with E-state index >= 15 is 0 Å². The third kappa shape index (κ3) is 11.6. The van der Waals surface area contributed by atoms with E-state index in [1.807, 2.05) is 0 Å². The molecule has 66 heavy (non-hydrogen) atoms. The van der Waals surface area contributed by atoms with Crippen molar-refractivity contribution in [2.45, 2.75) is 87.8 Å². The molecular weight excluding hydrogens is 926 g/mol. The van der Waals surface area contributed by atoms with E-state index in [-0.39, 0.29) is 36.0 Å². The van der Waals surface area contributed by atoms with Crippen LogP contribution in [0.25, 0.3) is 21.6 Å². The van der Waals surface area contributed by atoms with Crippen LogP contribution in [0.1, 0.15) is 37.8 Å². The molecule has 0 saturated carbocycles. The Morgan fingerprint density at radius 2 is 1.74 bits per heavy atom. The molecule has 0 radical (unpaired) electrons. The van der Waals surface area contributed by atoms with E-state index in [1.54, 1.807) is 12.1 Å². The second-order valence-electron chi connectivity index (χ2n) is 14.6. The molecule has 3 saturated heterocycles. The fourth-order valence-electron chi connectivity index (χ4n) is 6.97. The van der Waals surface area contributed by atoms with Crippen LogP contribution >= 0.6 is 15.6 Å². The Balaban J connectivity index is 1.09. The van der Waals surface area contributed by atoms with Crippen LogP contribution in [0.4, 0.5) is 22.1 Å². The van der Waals surface area contributed by atoms with E-state index in [9.17, 15) is 43.3 Å². The van der Waals surface area contributed by atoms with Gasteiger partial charge in [0.15, 0.2) is 36.3 Å². The van der Waals surface area contributed by atoms with Gasteiger partial charge in [-0.3, -0.25) is 22.7 Å². The molecule has 3 aliphatic heterocycles. The van der Waals surface area contributed by atoms with Gasteiger partial charge in [0.25, 0.3) is 0 Å². The van der Waals surface area contributed by atoms with Crippen molar-refractivity contribution in [3.05, 3.63) is 75.7 Å². The zero-order chi connectivity index (χ0) is 47.3. The van der Waals surface area contributed by atoms with E-state index in [4.69, 9.17) is 54.5 Å². The fourth-order valence-corrected chi connectivity index (χ4v) is 8.27. The fraction of sp³-hybridized carbons (Fsp3) is 0.500. The molecule has 6 heterocycles. The predicted octanol–water partition coefficient (Wildman–Crippen LogP) is 0.705. The molecule has 1 amide bonds. The monoisotopic (exact) mass is 968 g/mol. The van der Waals surface area contributed by atoms with Crippen LogP contribution in [0, 0.1) is 0 Å². The number of ether oxygens (including phenoxy) is 6. The molecule has 356 valence electrons. The minimum Gasteiger partial charge on any atom is -0.455 e. The van der Waals surface area contributed by atoms with Gasteiger partial charge < -0.3 is 65.0 Å². The third-order valence-corrected chi connectivity index (χ3v) is 11.5. The van der Waals surface area contributed by atoms with Gasteiger partial charge in [-0.15, -0.1) is 0 Å². The summed E-state index contributed by atoms with van der Waals surface area (Å²) in [7, 11) is -10.6. The number of rotatable bonds is 18. The second kappa shape index (κ2) is 20.5. The first kappa shape index (κ1) is 48.3. The molecule has 3 aliphatic rings. The predicted molar refractivity (Wildman–Crippen MR) is 217 cm³/mol. The highest BCUT2D eigenvalue weighted by Gasteiger charge is 2.54. The highest BCUT2D eigenvalue weighted by Crippen LogP contribution is 2.51. The Morgan fingerprint density at radius 3 is 2.44 bits per heavy atom. The van der Waals surface area contributed by atoms with Crippen LogP contribution in [-0.4, -0.2) is 130 Å². The van der Waals surface area contributed by atoms with Crippen LogP contribution < -0.4 is 22.5 Å². The molecule has 3 aromatic heterocycles. The van der Waals surface area contributed by atoms with Gasteiger partial charge in [0.2, 0.25) is 0 Å². The Bertz CT molecular complexity index is 2590. The average Bonchev–Trinajstić information content (AvgIpc) is 4.07. The van der Waals surface area contributed by atoms with Crippen molar-refractivity contribution in [2.24, 2.45) is 5.11 Å². The van der Waals surface area contributed by atoms with Gasteiger partial charge in [-0.1, -0.05) is 29.4 Å². The smallest absolute Gasteiger partial charge is 0.455 e. The molecule has 2 unspecified atom stereocenters. The van der Waals surface area contributed by atoms with Crippen molar-refractivity contribution < 1.29 is 80.5 Å². The first-order chi connectivity index (χ1) is 31.4. The lowest BCUT2D eigenvalue weighted by molar-refractivity contribution is -0.181. The number of amides is 1. The van der Waals surface area contributed by atoms with Gasteiger partial charge in [0.1, 0.15) is 60.8 Å². The minimum absolute atomic E-state index is 0.0219. The molecule has 4 aromatic rings. The molecular formula is C34H42N12O18P2. The molecule has 7 rings (SSSR count). The van der Waals surface area contributed by atoms with Crippen LogP contribution in [-0.2, 0) is 62.5 Å². The van der Waals surface area contributed by atoms with E-state index in [0.29, 0.717) is 24.1 Å². The first-order valence-corrected chi connectivity index (χ1v) is 22.6. The second-order valence-corrected chi connectivity index (χ2v) is 17.3. The number of aromatic nitrogens is 6. The van der Waals surface area contributed by atoms with Gasteiger partial charge in [-0.25, -0.2) is 38.5 Å². The number of nitrogen functional groups attached to an aromatic ring is 2. The number of imidazole rings is 1. The van der Waals surface area contributed by atoms with E-state index in [0.717, 1.165) is 10.9 Å². The van der Waals surface area contributed by atoms with Crippen molar-refractivity contribution in [2.75, 3.05) is 31.3 Å². The molecule has 0 bridgehead atoms. The number of aliphatic hydroxyl groups excluding tert-OH is 1. The molecule has 9 N–H and O–H groups in total. The summed E-state index contributed by atoms with van der Waals surface area (Å²) in [4.78, 5) is 87.8. The first-order valence-electron chi connectivity index (χ1n) is 19.6. The lowest BCUT2D eigenvalue weighted by Crippen LogP contribution is -2.45. The number of nitrogens with zero attached hydrogens (tertiary/aromatic N) is 9. The van der Waals surface area contributed by atoms with Crippen molar-refractivity contribution in [3.63, 3.8) is 0 Å². The Hall–Kier alpha value is -5.68. The summed E-state index contributed by atoms with van der Waals surface area (Å²) in [6.07, 6.45) is -10.7. The van der Waals surface area contributed by atoms with Crippen molar-refractivity contribution >= 4 is 56.2 Å². The third-order valence-electron chi connectivity index (χ3n) is 10.0.